The lowest BCUT2D eigenvalue weighted by atomic mass is 10.0. The highest BCUT2D eigenvalue weighted by molar-refractivity contribution is 5.73. The van der Waals surface area contributed by atoms with E-state index >= 15 is 0 Å². The van der Waals surface area contributed by atoms with Crippen molar-refractivity contribution in [3.63, 3.8) is 0 Å². The Kier molecular flexibility index (Phi) is 6.21. The molecule has 0 amide bonds. The zero-order valence-corrected chi connectivity index (χ0v) is 11.7. The van der Waals surface area contributed by atoms with Crippen LogP contribution in [0.2, 0.25) is 0 Å². The Morgan fingerprint density at radius 3 is 2.47 bits per heavy atom. The van der Waals surface area contributed by atoms with E-state index in [-0.39, 0.29) is 0 Å². The van der Waals surface area contributed by atoms with Gasteiger partial charge in [-0.1, -0.05) is 13.8 Å². The fraction of sp³-hybridized carbons (Fsp3) is 0.615. The van der Waals surface area contributed by atoms with Crippen molar-refractivity contribution in [2.24, 2.45) is 5.92 Å². The van der Waals surface area contributed by atoms with Gasteiger partial charge in [0.15, 0.2) is 0 Å². The Balaban J connectivity index is 2.51. The minimum Gasteiger partial charge on any atom is -0.480 e. The summed E-state index contributed by atoms with van der Waals surface area (Å²) in [6, 6.07) is -0.534. The summed E-state index contributed by atoms with van der Waals surface area (Å²) in [4.78, 5) is 19.4. The molecule has 0 aliphatic carbocycles. The molecule has 1 rings (SSSR count). The van der Waals surface area contributed by atoms with Gasteiger partial charge in [0, 0.05) is 31.0 Å². The van der Waals surface area contributed by atoms with Gasteiger partial charge in [0.2, 0.25) is 5.95 Å². The van der Waals surface area contributed by atoms with Crippen LogP contribution in [0.5, 0.6) is 0 Å². The fourth-order valence-corrected chi connectivity index (χ4v) is 1.68. The van der Waals surface area contributed by atoms with Gasteiger partial charge >= 0.3 is 5.97 Å². The predicted molar refractivity (Wildman–Crippen MR) is 73.9 cm³/mol. The Morgan fingerprint density at radius 1 is 1.37 bits per heavy atom. The van der Waals surface area contributed by atoms with E-state index < -0.39 is 12.0 Å². The third-order valence-corrected chi connectivity index (χ3v) is 2.60. The van der Waals surface area contributed by atoms with Crippen LogP contribution in [0.15, 0.2) is 12.4 Å². The molecule has 0 spiro atoms. The number of rotatable bonds is 8. The highest BCUT2D eigenvalue weighted by Crippen LogP contribution is 2.06. The van der Waals surface area contributed by atoms with E-state index in [1.54, 1.807) is 12.4 Å². The van der Waals surface area contributed by atoms with Crippen molar-refractivity contribution in [3.8, 4) is 0 Å². The maximum atomic E-state index is 11.1. The van der Waals surface area contributed by atoms with E-state index in [0.29, 0.717) is 24.8 Å². The lowest BCUT2D eigenvalue weighted by Crippen LogP contribution is -2.37. The largest absolute Gasteiger partial charge is 0.480 e. The van der Waals surface area contributed by atoms with Crippen molar-refractivity contribution in [3.05, 3.63) is 18.0 Å². The van der Waals surface area contributed by atoms with Crippen molar-refractivity contribution in [2.45, 2.75) is 39.8 Å². The number of aliphatic carboxylic acids is 1. The summed E-state index contributed by atoms with van der Waals surface area (Å²) in [5.41, 5.74) is 0.872. The van der Waals surface area contributed by atoms with Gasteiger partial charge in [-0.05, 0) is 19.3 Å². The van der Waals surface area contributed by atoms with Crippen LogP contribution in [-0.4, -0.2) is 33.6 Å². The number of nitrogens with one attached hydrogen (secondary N) is 2. The molecule has 1 aromatic heterocycles. The fourth-order valence-electron chi connectivity index (χ4n) is 1.68. The van der Waals surface area contributed by atoms with Crippen molar-refractivity contribution in [2.75, 3.05) is 11.9 Å². The van der Waals surface area contributed by atoms with E-state index in [2.05, 4.69) is 20.6 Å². The molecular weight excluding hydrogens is 244 g/mol. The second kappa shape index (κ2) is 7.68. The van der Waals surface area contributed by atoms with Crippen LogP contribution in [0.3, 0.4) is 0 Å². The number of carboxylic acids is 1. The molecule has 0 bridgehead atoms. The lowest BCUT2D eigenvalue weighted by molar-refractivity contribution is -0.140. The molecule has 0 aliphatic rings. The average molecular weight is 266 g/mol. The van der Waals surface area contributed by atoms with Gasteiger partial charge in [-0.25, -0.2) is 9.97 Å². The first-order valence-electron chi connectivity index (χ1n) is 6.54. The predicted octanol–water partition coefficient (Wildman–Crippen LogP) is 1.50. The van der Waals surface area contributed by atoms with Gasteiger partial charge in [0.1, 0.15) is 6.04 Å². The minimum absolute atomic E-state index is 0.334. The van der Waals surface area contributed by atoms with Gasteiger partial charge in [0.05, 0.1) is 0 Å². The summed E-state index contributed by atoms with van der Waals surface area (Å²) < 4.78 is 0. The quantitative estimate of drug-likeness (QED) is 0.661. The number of hydrogen-bond donors (Lipinski definition) is 3. The van der Waals surface area contributed by atoms with Crippen LogP contribution in [0, 0.1) is 5.92 Å². The second-order valence-corrected chi connectivity index (χ2v) is 4.85. The smallest absolute Gasteiger partial charge is 0.320 e. The SMILES string of the molecule is CCNc1ncc(CN[C@@H](CC(C)C)C(=O)O)cn1. The van der Waals surface area contributed by atoms with Gasteiger partial charge in [-0.3, -0.25) is 4.79 Å². The molecule has 0 saturated heterocycles. The van der Waals surface area contributed by atoms with Crippen LogP contribution in [-0.2, 0) is 11.3 Å². The standard InChI is InChI=1S/C13H22N4O2/c1-4-14-13-16-7-10(8-17-13)6-15-11(12(18)19)5-9(2)3/h7-9,11,15H,4-6H2,1-3H3,(H,18,19)(H,14,16,17)/t11-/m0/s1. The number of anilines is 1. The maximum absolute atomic E-state index is 11.1. The topological polar surface area (TPSA) is 87.1 Å². The molecule has 0 unspecified atom stereocenters. The first-order valence-corrected chi connectivity index (χ1v) is 6.54. The summed E-state index contributed by atoms with van der Waals surface area (Å²) >= 11 is 0. The van der Waals surface area contributed by atoms with Crippen molar-refractivity contribution in [1.82, 2.24) is 15.3 Å². The molecule has 0 aromatic carbocycles. The van der Waals surface area contributed by atoms with Crippen LogP contribution >= 0.6 is 0 Å². The first-order chi connectivity index (χ1) is 9.02. The van der Waals surface area contributed by atoms with Crippen LogP contribution in [0.25, 0.3) is 0 Å². The maximum Gasteiger partial charge on any atom is 0.320 e. The van der Waals surface area contributed by atoms with Crippen LogP contribution in [0.1, 0.15) is 32.8 Å². The normalized spacial score (nSPS) is 12.4. The van der Waals surface area contributed by atoms with Crippen molar-refractivity contribution in [1.29, 1.82) is 0 Å². The zero-order valence-electron chi connectivity index (χ0n) is 11.7. The highest BCUT2D eigenvalue weighted by Gasteiger charge is 2.17. The molecule has 6 nitrogen and oxygen atoms in total. The first kappa shape index (κ1) is 15.4. The van der Waals surface area contributed by atoms with Crippen molar-refractivity contribution < 1.29 is 9.90 Å². The highest BCUT2D eigenvalue weighted by atomic mass is 16.4. The average Bonchev–Trinajstić information content (AvgIpc) is 2.36. The van der Waals surface area contributed by atoms with Gasteiger partial charge in [-0.2, -0.15) is 0 Å². The molecule has 3 N–H and O–H groups in total. The summed E-state index contributed by atoms with van der Waals surface area (Å²) in [7, 11) is 0. The van der Waals surface area contributed by atoms with E-state index in [1.807, 2.05) is 20.8 Å². The summed E-state index contributed by atoms with van der Waals surface area (Å²) in [5, 5.41) is 15.1. The molecule has 0 radical (unpaired) electrons. The van der Waals surface area contributed by atoms with Crippen LogP contribution in [0.4, 0.5) is 5.95 Å². The Hall–Kier alpha value is -1.69. The third-order valence-electron chi connectivity index (χ3n) is 2.60. The molecule has 1 atom stereocenters. The molecule has 0 fully saturated rings. The second-order valence-electron chi connectivity index (χ2n) is 4.85. The number of carboxylic acid groups (broad SMARTS) is 1. The molecule has 106 valence electrons. The Labute approximate surface area is 113 Å². The summed E-state index contributed by atoms with van der Waals surface area (Å²) in [6.07, 6.45) is 4.00. The molecule has 1 heterocycles. The van der Waals surface area contributed by atoms with Crippen LogP contribution < -0.4 is 10.6 Å². The van der Waals surface area contributed by atoms with Crippen molar-refractivity contribution >= 4 is 11.9 Å². The van der Waals surface area contributed by atoms with E-state index in [4.69, 9.17) is 5.11 Å². The summed E-state index contributed by atoms with van der Waals surface area (Å²) in [5.74, 6) is 0.100. The van der Waals surface area contributed by atoms with E-state index in [0.717, 1.165) is 12.1 Å². The Bertz CT molecular complexity index is 392. The number of aromatic nitrogens is 2. The van der Waals surface area contributed by atoms with E-state index in [9.17, 15) is 4.79 Å². The number of carbonyl (C=O) groups is 1. The zero-order chi connectivity index (χ0) is 14.3. The van der Waals surface area contributed by atoms with Gasteiger partial charge < -0.3 is 15.7 Å². The molecule has 1 aromatic rings. The molecule has 6 heteroatoms. The number of hydrogen-bond acceptors (Lipinski definition) is 5. The summed E-state index contributed by atoms with van der Waals surface area (Å²) in [6.45, 7) is 7.21. The lowest BCUT2D eigenvalue weighted by Gasteiger charge is -2.16. The Morgan fingerprint density at radius 2 is 2.00 bits per heavy atom. The molecule has 0 saturated carbocycles. The monoisotopic (exact) mass is 266 g/mol. The number of nitrogens with zero attached hydrogens (tertiary/aromatic N) is 2. The van der Waals surface area contributed by atoms with E-state index in [1.165, 1.54) is 0 Å². The van der Waals surface area contributed by atoms with Gasteiger partial charge in [-0.15, -0.1) is 0 Å². The molecule has 0 aliphatic heterocycles. The molecule has 19 heavy (non-hydrogen) atoms. The minimum atomic E-state index is -0.820. The molecular formula is C13H22N4O2. The van der Waals surface area contributed by atoms with Gasteiger partial charge in [0.25, 0.3) is 0 Å². The third kappa shape index (κ3) is 5.65.